The van der Waals surface area contributed by atoms with Gasteiger partial charge in [-0.15, -0.1) is 0 Å². The molecule has 0 amide bonds. The van der Waals surface area contributed by atoms with Crippen LogP contribution in [-0.2, 0) is 0 Å². The molecule has 12 heteroatoms. The highest BCUT2D eigenvalue weighted by atomic mass is 32.2. The minimum atomic E-state index is 0.170. The summed E-state index contributed by atoms with van der Waals surface area (Å²) in [6, 6.07) is 38.2. The molecule has 0 N–H and O–H groups in total. The molecule has 1 unspecified atom stereocenters. The lowest BCUT2D eigenvalue weighted by Crippen LogP contribution is -2.50. The first kappa shape index (κ1) is 68.8. The number of thioether (sulfide) groups is 4. The highest BCUT2D eigenvalue weighted by molar-refractivity contribution is 8.14. The van der Waals surface area contributed by atoms with Crippen molar-refractivity contribution in [3.63, 3.8) is 0 Å². The molecule has 0 aromatic heterocycles. The first-order valence-electron chi connectivity index (χ1n) is 27.7. The van der Waals surface area contributed by atoms with E-state index in [1.165, 1.54) is 123 Å². The number of unbranched alkanes of at least 4 members (excludes halogenated alkanes) is 1. The Morgan fingerprint density at radius 3 is 0.784 bits per heavy atom. The molecule has 0 bridgehead atoms. The van der Waals surface area contributed by atoms with Crippen LogP contribution >= 0.6 is 47.0 Å². The summed E-state index contributed by atoms with van der Waals surface area (Å²) in [5.41, 5.74) is 3.24. The molecule has 0 aliphatic carbocycles. The first-order chi connectivity index (χ1) is 35.5. The number of nitrogens with zero attached hydrogens (tertiary/aromatic N) is 4. The summed E-state index contributed by atoms with van der Waals surface area (Å²) in [7, 11) is 6.40. The zero-order chi connectivity index (χ0) is 55.1. The lowest BCUT2D eigenvalue weighted by atomic mass is 10.2. The zero-order valence-electron chi connectivity index (χ0n) is 48.2. The van der Waals surface area contributed by atoms with Gasteiger partial charge in [0.2, 0.25) is 20.5 Å². The van der Waals surface area contributed by atoms with Crippen LogP contribution in [0.4, 0.5) is 0 Å². The maximum atomic E-state index is 12.1. The lowest BCUT2D eigenvalue weighted by molar-refractivity contribution is -0.924. The Balaban J connectivity index is 0.000000497. The summed E-state index contributed by atoms with van der Waals surface area (Å²) < 4.78 is 4.33. The number of hydrogen-bond acceptors (Lipinski definition) is 8. The average Bonchev–Trinajstić information content (AvgIpc) is 3.42. The third-order valence-corrected chi connectivity index (χ3v) is 17.4. The van der Waals surface area contributed by atoms with E-state index in [2.05, 4.69) is 83.5 Å². The molecule has 0 heterocycles. The molecule has 0 radical (unpaired) electrons. The van der Waals surface area contributed by atoms with E-state index in [0.717, 1.165) is 105 Å². The van der Waals surface area contributed by atoms with E-state index in [1.54, 1.807) is 0 Å². The SMILES string of the molecule is CCCC[N+](CC)(CCC)CCSC(=O)c1ccccc1.CCC[N+](CC)(CCC)CCSC(=O)c1ccccc1.CC[N+](CC)(CC)CCSC(=O)c1ccccc1.C[N+](C)(C)CCSC(=O)c1ccccc1. The predicted molar refractivity (Wildman–Crippen MR) is 329 cm³/mol. The molecule has 1 atom stereocenters. The van der Waals surface area contributed by atoms with E-state index < -0.39 is 0 Å². The van der Waals surface area contributed by atoms with Crippen LogP contribution in [0.1, 0.15) is 136 Å². The fraction of sp³-hybridized carbons (Fsp3) is 0.548. The third-order valence-electron chi connectivity index (χ3n) is 13.9. The van der Waals surface area contributed by atoms with E-state index in [9.17, 15) is 19.2 Å². The Morgan fingerprint density at radius 1 is 0.311 bits per heavy atom. The molecule has 0 saturated heterocycles. The maximum Gasteiger partial charge on any atom is 0.219 e. The van der Waals surface area contributed by atoms with Crippen LogP contribution in [0.3, 0.4) is 0 Å². The summed E-state index contributed by atoms with van der Waals surface area (Å²) in [6.45, 7) is 35.3. The van der Waals surface area contributed by atoms with Crippen molar-refractivity contribution in [2.45, 2.75) is 94.4 Å². The highest BCUT2D eigenvalue weighted by Crippen LogP contribution is 2.20. The highest BCUT2D eigenvalue weighted by Gasteiger charge is 2.25. The van der Waals surface area contributed by atoms with Crippen LogP contribution < -0.4 is 0 Å². The van der Waals surface area contributed by atoms with Crippen molar-refractivity contribution in [2.75, 3.05) is 129 Å². The van der Waals surface area contributed by atoms with Gasteiger partial charge in [-0.2, -0.15) is 0 Å². The van der Waals surface area contributed by atoms with Crippen molar-refractivity contribution in [1.82, 2.24) is 0 Å². The van der Waals surface area contributed by atoms with Gasteiger partial charge in [0.15, 0.2) is 0 Å². The van der Waals surface area contributed by atoms with Crippen molar-refractivity contribution in [1.29, 1.82) is 0 Å². The minimum absolute atomic E-state index is 0.170. The van der Waals surface area contributed by atoms with Gasteiger partial charge in [0.05, 0.1) is 129 Å². The van der Waals surface area contributed by atoms with Crippen LogP contribution in [0.25, 0.3) is 0 Å². The topological polar surface area (TPSA) is 68.3 Å². The summed E-state index contributed by atoms with van der Waals surface area (Å²) in [5, 5.41) is 0.769. The molecule has 0 saturated carbocycles. The second kappa shape index (κ2) is 40.1. The Bertz CT molecular complexity index is 2060. The molecule has 0 spiro atoms. The largest absolute Gasteiger partial charge is 0.330 e. The van der Waals surface area contributed by atoms with Gasteiger partial charge in [0.1, 0.15) is 0 Å². The van der Waals surface area contributed by atoms with E-state index >= 15 is 0 Å². The zero-order valence-corrected chi connectivity index (χ0v) is 51.4. The second-order valence-corrected chi connectivity index (χ2v) is 24.3. The molecule has 74 heavy (non-hydrogen) atoms. The number of carbonyl (C=O) groups excluding carboxylic acids is 4. The third kappa shape index (κ3) is 28.8. The second-order valence-electron chi connectivity index (χ2n) is 20.0. The van der Waals surface area contributed by atoms with Crippen molar-refractivity contribution < 1.29 is 37.1 Å². The van der Waals surface area contributed by atoms with Gasteiger partial charge >= 0.3 is 0 Å². The van der Waals surface area contributed by atoms with Crippen molar-refractivity contribution in [3.05, 3.63) is 144 Å². The molecular formula is C62H100N4O4S4+4. The molecule has 4 rings (SSSR count). The molecular weight excluding hydrogens is 993 g/mol. The number of quaternary nitrogens is 4. The lowest BCUT2D eigenvalue weighted by Gasteiger charge is -2.37. The van der Waals surface area contributed by atoms with E-state index in [0.29, 0.717) is 0 Å². The van der Waals surface area contributed by atoms with Gasteiger partial charge in [0.25, 0.3) is 0 Å². The molecule has 8 nitrogen and oxygen atoms in total. The maximum absolute atomic E-state index is 12.1. The Kier molecular flexibility index (Phi) is 37.3. The summed E-state index contributed by atoms with van der Waals surface area (Å²) in [6.07, 6.45) is 6.18. The van der Waals surface area contributed by atoms with Crippen molar-refractivity contribution in [2.24, 2.45) is 0 Å². The fourth-order valence-electron chi connectivity index (χ4n) is 8.72. The fourth-order valence-corrected chi connectivity index (χ4v) is 12.7. The van der Waals surface area contributed by atoms with Crippen LogP contribution in [-0.4, -0.2) is 168 Å². The van der Waals surface area contributed by atoms with Gasteiger partial charge in [-0.25, -0.2) is 0 Å². The summed E-state index contributed by atoms with van der Waals surface area (Å²) in [4.78, 5) is 47.9. The van der Waals surface area contributed by atoms with Crippen LogP contribution in [0.2, 0.25) is 0 Å². The summed E-state index contributed by atoms with van der Waals surface area (Å²) in [5.74, 6) is 3.62. The van der Waals surface area contributed by atoms with Crippen molar-refractivity contribution >= 4 is 67.5 Å². The van der Waals surface area contributed by atoms with E-state index in [4.69, 9.17) is 0 Å². The number of carbonyl (C=O) groups is 4. The van der Waals surface area contributed by atoms with Gasteiger partial charge in [-0.05, 0) is 60.3 Å². The van der Waals surface area contributed by atoms with E-state index in [-0.39, 0.29) is 20.5 Å². The molecule has 412 valence electrons. The quantitative estimate of drug-likeness (QED) is 0.0479. The van der Waals surface area contributed by atoms with Gasteiger partial charge < -0.3 is 17.9 Å². The molecule has 4 aromatic carbocycles. The smallest absolute Gasteiger partial charge is 0.219 e. The predicted octanol–water partition coefficient (Wildman–Crippen LogP) is 14.5. The van der Waals surface area contributed by atoms with Crippen LogP contribution in [0, 0.1) is 0 Å². The first-order valence-corrected chi connectivity index (χ1v) is 31.7. The molecule has 0 aliphatic heterocycles. The van der Waals surface area contributed by atoms with Gasteiger partial charge in [0, 0.05) is 22.3 Å². The standard InChI is InChI=1S/C18H30NOS.C17H28NOS.C15H24NOS.C12H18NOS/c1-4-7-14-19(6-3,13-5-2)15-16-21-18(20)17-11-9-8-10-12-17;1-4-12-18(6-3,13-5-2)14-15-20-17(19)16-10-8-7-9-11-16;1-4-16(5-2,6-3)12-13-18-15(17)14-10-8-7-9-11-14;1-13(2,3)9-10-15-12(14)11-7-5-4-6-8-11/h8-12H,4-7,13-16H2,1-3H3;7-11H,4-6,12-15H2,1-3H3;7-11H,4-6,12-13H2,1-3H3;4-8H,9-10H2,1-3H3/q4*+1. The van der Waals surface area contributed by atoms with E-state index in [1.807, 2.05) is 121 Å². The number of benzene rings is 4. The number of hydrogen-bond donors (Lipinski definition) is 0. The Labute approximate surface area is 469 Å². The Hall–Kier alpha value is -3.20. The number of rotatable bonds is 30. The Morgan fingerprint density at radius 2 is 0.554 bits per heavy atom. The monoisotopic (exact) mass is 1090 g/mol. The summed E-state index contributed by atoms with van der Waals surface area (Å²) >= 11 is 5.80. The molecule has 0 fully saturated rings. The van der Waals surface area contributed by atoms with Gasteiger partial charge in [-0.3, -0.25) is 19.2 Å². The van der Waals surface area contributed by atoms with Crippen molar-refractivity contribution in [3.8, 4) is 0 Å². The van der Waals surface area contributed by atoms with Gasteiger partial charge in [-0.1, -0.05) is 202 Å². The molecule has 0 aliphatic rings. The van der Waals surface area contributed by atoms with Crippen LogP contribution in [0.5, 0.6) is 0 Å². The minimum Gasteiger partial charge on any atom is -0.330 e. The average molecular weight is 1090 g/mol. The normalized spacial score (nSPS) is 12.2. The van der Waals surface area contributed by atoms with Crippen LogP contribution in [0.15, 0.2) is 121 Å². The molecule has 4 aromatic rings.